The van der Waals surface area contributed by atoms with Gasteiger partial charge in [0.05, 0.1) is 20.7 Å². The number of anilines is 1. The molecule has 0 saturated heterocycles. The van der Waals surface area contributed by atoms with E-state index in [1.54, 1.807) is 6.07 Å². The topological polar surface area (TPSA) is 75.2 Å². The summed E-state index contributed by atoms with van der Waals surface area (Å²) in [4.78, 5) is 2.93. The average molecular weight is 454 g/mol. The Labute approximate surface area is 160 Å². The molecule has 0 saturated carbocycles. The maximum Gasteiger partial charge on any atom is 0.266 e. The van der Waals surface area contributed by atoms with Crippen LogP contribution in [0.1, 0.15) is 12.5 Å². The van der Waals surface area contributed by atoms with Gasteiger partial charge in [0.2, 0.25) is 0 Å². The molecule has 0 unspecified atom stereocenters. The van der Waals surface area contributed by atoms with Crippen LogP contribution in [0.4, 0.5) is 10.1 Å². The number of fused-ring (bicyclic) bond motifs is 1. The van der Waals surface area contributed by atoms with Crippen molar-refractivity contribution in [3.05, 3.63) is 48.9 Å². The molecule has 4 N–H and O–H groups in total. The lowest BCUT2D eigenvalue weighted by Crippen LogP contribution is -1.89. The Morgan fingerprint density at radius 3 is 2.67 bits per heavy atom. The molecule has 0 radical (unpaired) electrons. The minimum absolute atomic E-state index is 0.0198. The van der Waals surface area contributed by atoms with E-state index in [1.807, 2.05) is 6.92 Å². The summed E-state index contributed by atoms with van der Waals surface area (Å²) in [5.74, 6) is -0.399. The van der Waals surface area contributed by atoms with Crippen LogP contribution in [0.5, 0.6) is 5.75 Å². The maximum absolute atomic E-state index is 13.2. The van der Waals surface area contributed by atoms with Crippen molar-refractivity contribution in [3.8, 4) is 5.75 Å². The zero-order valence-electron chi connectivity index (χ0n) is 12.3. The van der Waals surface area contributed by atoms with Crippen LogP contribution in [0.15, 0.2) is 27.1 Å². The molecule has 0 spiro atoms. The molecule has 0 fully saturated rings. The number of phenolic OH excluding ortho intramolecular Hbond substituents is 1. The van der Waals surface area contributed by atoms with Gasteiger partial charge in [0.25, 0.3) is 4.84 Å². The molecule has 128 valence electrons. The van der Waals surface area contributed by atoms with E-state index in [0.717, 1.165) is 12.0 Å². The predicted octanol–water partition coefficient (Wildman–Crippen LogP) is 6.24. The summed E-state index contributed by atoms with van der Waals surface area (Å²) in [6.45, 7) is 1.94. The molecule has 0 aliphatic heterocycles. The van der Waals surface area contributed by atoms with Crippen molar-refractivity contribution in [2.24, 2.45) is 0 Å². The summed E-state index contributed by atoms with van der Waals surface area (Å²) < 4.78 is 18.4. The highest BCUT2D eigenvalue weighted by Gasteiger charge is 2.13. The largest absolute Gasteiger partial charge is 0.506 e. The summed E-state index contributed by atoms with van der Waals surface area (Å²) in [7, 11) is 0. The van der Waals surface area contributed by atoms with Crippen LogP contribution >= 0.6 is 51.3 Å². The Bertz CT molecular complexity index is 959. The van der Waals surface area contributed by atoms with Crippen LogP contribution in [-0.4, -0.2) is 10.1 Å². The first kappa shape index (κ1) is 19.1. The molecule has 1 aromatic heterocycles. The van der Waals surface area contributed by atoms with E-state index in [1.165, 1.54) is 12.1 Å². The van der Waals surface area contributed by atoms with Crippen LogP contribution in [0.25, 0.3) is 11.1 Å². The first-order chi connectivity index (χ1) is 11.2. The SMILES string of the molecule is CCc1cc(Cl)cc(N)c1O.Fc1c(Cl)cc2[nH]c(=S)oc2c1Br. The minimum Gasteiger partial charge on any atom is -0.506 e. The Morgan fingerprint density at radius 2 is 2.04 bits per heavy atom. The molecule has 24 heavy (non-hydrogen) atoms. The number of nitrogen functional groups attached to an aromatic ring is 1. The number of H-pyrrole nitrogens is 1. The number of nitrogens with two attached hydrogens (primary N) is 1. The number of hydrogen-bond acceptors (Lipinski definition) is 4. The summed E-state index contributed by atoms with van der Waals surface area (Å²) in [6.07, 6.45) is 0.733. The van der Waals surface area contributed by atoms with E-state index in [0.29, 0.717) is 21.8 Å². The van der Waals surface area contributed by atoms with E-state index in [2.05, 4.69) is 20.9 Å². The number of aromatic nitrogens is 1. The highest BCUT2D eigenvalue weighted by Crippen LogP contribution is 2.31. The number of halogens is 4. The molecular weight excluding hydrogens is 442 g/mol. The molecule has 0 aliphatic rings. The van der Waals surface area contributed by atoms with Gasteiger partial charge in [-0.3, -0.25) is 0 Å². The number of aryl methyl sites for hydroxylation is 1. The van der Waals surface area contributed by atoms with Crippen LogP contribution in [0.2, 0.25) is 10.0 Å². The van der Waals surface area contributed by atoms with E-state index in [-0.39, 0.29) is 20.1 Å². The van der Waals surface area contributed by atoms with Gasteiger partial charge in [-0.1, -0.05) is 30.1 Å². The lowest BCUT2D eigenvalue weighted by molar-refractivity contribution is 0.471. The fourth-order valence-corrected chi connectivity index (χ4v) is 3.22. The predicted molar refractivity (Wildman–Crippen MR) is 101 cm³/mol. The fourth-order valence-electron chi connectivity index (χ4n) is 1.95. The van der Waals surface area contributed by atoms with E-state index < -0.39 is 5.82 Å². The van der Waals surface area contributed by atoms with E-state index >= 15 is 0 Å². The Kier molecular flexibility index (Phi) is 6.14. The fraction of sp³-hybridized carbons (Fsp3) is 0.133. The molecule has 0 amide bonds. The standard InChI is InChI=1S/C8H10ClNO.C7H2BrClFNOS/c1-2-5-3-6(9)4-7(10)8(5)11;8-4-5(10)2(9)1-3-6(4)12-7(13)11-3/h3-4,11H,2,10H2,1H3;1H,(H,11,13). The smallest absolute Gasteiger partial charge is 0.266 e. The second-order valence-corrected chi connectivity index (χ2v) is 6.74. The molecule has 4 nitrogen and oxygen atoms in total. The van der Waals surface area contributed by atoms with E-state index in [9.17, 15) is 9.50 Å². The molecule has 2 aromatic carbocycles. The third kappa shape index (κ3) is 4.03. The second-order valence-electron chi connectivity index (χ2n) is 4.73. The van der Waals surface area contributed by atoms with Crippen molar-refractivity contribution in [1.29, 1.82) is 0 Å². The quantitative estimate of drug-likeness (QED) is 0.176. The normalized spacial score (nSPS) is 10.5. The third-order valence-electron chi connectivity index (χ3n) is 3.11. The molecule has 3 aromatic rings. The van der Waals surface area contributed by atoms with Gasteiger partial charge >= 0.3 is 0 Å². The number of hydrogen-bond donors (Lipinski definition) is 3. The van der Waals surface area contributed by atoms with Gasteiger partial charge in [0.1, 0.15) is 5.75 Å². The second kappa shape index (κ2) is 7.74. The highest BCUT2D eigenvalue weighted by atomic mass is 79.9. The van der Waals surface area contributed by atoms with Crippen molar-refractivity contribution in [1.82, 2.24) is 4.98 Å². The van der Waals surface area contributed by atoms with Gasteiger partial charge in [-0.25, -0.2) is 4.39 Å². The number of oxazole rings is 1. The molecule has 9 heteroatoms. The number of rotatable bonds is 1. The number of aromatic amines is 1. The van der Waals surface area contributed by atoms with Gasteiger partial charge in [-0.05, 0) is 58.3 Å². The van der Waals surface area contributed by atoms with Crippen molar-refractivity contribution >= 4 is 68.1 Å². The first-order valence-electron chi connectivity index (χ1n) is 6.67. The third-order valence-corrected chi connectivity index (χ3v) is 4.50. The lowest BCUT2D eigenvalue weighted by atomic mass is 10.1. The molecular formula is C15H12BrCl2FN2O2S. The van der Waals surface area contributed by atoms with Crippen molar-refractivity contribution < 1.29 is 13.9 Å². The molecule has 0 aliphatic carbocycles. The summed E-state index contributed by atoms with van der Waals surface area (Å²) in [5, 5.41) is 9.92. The van der Waals surface area contributed by atoms with Crippen LogP contribution in [0.3, 0.4) is 0 Å². The number of benzene rings is 2. The highest BCUT2D eigenvalue weighted by molar-refractivity contribution is 9.10. The van der Waals surface area contributed by atoms with Gasteiger partial charge < -0.3 is 20.2 Å². The first-order valence-corrected chi connectivity index (χ1v) is 8.63. The van der Waals surface area contributed by atoms with Crippen LogP contribution in [0, 0.1) is 10.7 Å². The van der Waals surface area contributed by atoms with Gasteiger partial charge in [0, 0.05) is 5.02 Å². The summed E-state index contributed by atoms with van der Waals surface area (Å²) >= 11 is 19.1. The lowest BCUT2D eigenvalue weighted by Gasteiger charge is -2.04. The van der Waals surface area contributed by atoms with Crippen molar-refractivity contribution in [2.75, 3.05) is 5.73 Å². The summed E-state index contributed by atoms with van der Waals surface area (Å²) in [5.41, 5.74) is 7.50. The Balaban J connectivity index is 0.000000177. The maximum atomic E-state index is 13.2. The Hall–Kier alpha value is -1.28. The molecule has 1 heterocycles. The monoisotopic (exact) mass is 452 g/mol. The zero-order chi connectivity index (χ0) is 18.0. The van der Waals surface area contributed by atoms with Gasteiger partial charge in [0.15, 0.2) is 11.4 Å². The van der Waals surface area contributed by atoms with Gasteiger partial charge in [-0.2, -0.15) is 0 Å². The number of phenols is 1. The zero-order valence-corrected chi connectivity index (χ0v) is 16.2. The molecule has 0 bridgehead atoms. The van der Waals surface area contributed by atoms with E-state index in [4.69, 9.17) is 45.6 Å². The number of nitrogens with one attached hydrogen (secondary N) is 1. The average Bonchev–Trinajstić information content (AvgIpc) is 2.89. The minimum atomic E-state index is -0.549. The Morgan fingerprint density at radius 1 is 1.38 bits per heavy atom. The van der Waals surface area contributed by atoms with Crippen molar-refractivity contribution in [2.45, 2.75) is 13.3 Å². The number of aromatic hydroxyl groups is 1. The van der Waals surface area contributed by atoms with Crippen molar-refractivity contribution in [3.63, 3.8) is 0 Å². The van der Waals surface area contributed by atoms with Gasteiger partial charge in [-0.15, -0.1) is 0 Å². The molecule has 3 rings (SSSR count). The van der Waals surface area contributed by atoms with Crippen LogP contribution in [-0.2, 0) is 6.42 Å². The van der Waals surface area contributed by atoms with Crippen LogP contribution < -0.4 is 5.73 Å². The summed E-state index contributed by atoms with van der Waals surface area (Å²) in [6, 6.07) is 4.68. The molecule has 0 atom stereocenters.